The highest BCUT2D eigenvalue weighted by Gasteiger charge is 2.28. The van der Waals surface area contributed by atoms with Gasteiger partial charge in [0.05, 0.1) is 5.39 Å². The molecule has 2 aromatic rings. The van der Waals surface area contributed by atoms with E-state index in [4.69, 9.17) is 0 Å². The highest BCUT2D eigenvalue weighted by Crippen LogP contribution is 2.26. The molecular formula is C18H25N5O. The molecule has 2 atom stereocenters. The van der Waals surface area contributed by atoms with E-state index in [1.165, 1.54) is 6.08 Å². The second-order valence-corrected chi connectivity index (χ2v) is 6.74. The molecule has 2 aromatic heterocycles. The Morgan fingerprint density at radius 1 is 1.42 bits per heavy atom. The Bertz CT molecular complexity index is 751. The summed E-state index contributed by atoms with van der Waals surface area (Å²) in [6.45, 7) is 10.6. The molecule has 1 N–H and O–H groups in total. The van der Waals surface area contributed by atoms with Crippen LogP contribution < -0.4 is 5.32 Å². The van der Waals surface area contributed by atoms with E-state index < -0.39 is 0 Å². The summed E-state index contributed by atoms with van der Waals surface area (Å²) in [5.41, 5.74) is 0.936. The number of fused-ring (bicyclic) bond motifs is 1. The third kappa shape index (κ3) is 3.00. The van der Waals surface area contributed by atoms with E-state index in [2.05, 4.69) is 53.3 Å². The first kappa shape index (κ1) is 16.5. The molecule has 0 radical (unpaired) electrons. The number of piperidine rings is 1. The van der Waals surface area contributed by atoms with E-state index in [1.807, 2.05) is 11.1 Å². The molecule has 1 aliphatic rings. The van der Waals surface area contributed by atoms with Gasteiger partial charge in [-0.2, -0.15) is 0 Å². The van der Waals surface area contributed by atoms with Crippen molar-refractivity contribution in [1.29, 1.82) is 0 Å². The van der Waals surface area contributed by atoms with Crippen molar-refractivity contribution in [2.75, 3.05) is 11.9 Å². The maximum absolute atomic E-state index is 12.0. The molecule has 1 aliphatic heterocycles. The van der Waals surface area contributed by atoms with Gasteiger partial charge in [0.25, 0.3) is 0 Å². The number of nitrogens with one attached hydrogen (secondary N) is 1. The minimum Gasteiger partial charge on any atom is -0.365 e. The van der Waals surface area contributed by atoms with Crippen LogP contribution in [0, 0.1) is 0 Å². The Morgan fingerprint density at radius 2 is 2.21 bits per heavy atom. The Kier molecular flexibility index (Phi) is 4.55. The molecule has 3 rings (SSSR count). The van der Waals surface area contributed by atoms with Crippen LogP contribution in [0.15, 0.2) is 31.2 Å². The Balaban J connectivity index is 1.82. The number of hydrogen-bond donors (Lipinski definition) is 1. The van der Waals surface area contributed by atoms with Crippen LogP contribution in [0.25, 0.3) is 11.0 Å². The molecule has 0 aliphatic carbocycles. The van der Waals surface area contributed by atoms with Crippen molar-refractivity contribution in [3.8, 4) is 0 Å². The summed E-state index contributed by atoms with van der Waals surface area (Å²) in [6, 6.07) is 2.84. The van der Waals surface area contributed by atoms with E-state index in [9.17, 15) is 4.79 Å². The topological polar surface area (TPSA) is 63.1 Å². The number of carbonyl (C=O) groups is 1. The molecule has 1 fully saturated rings. The van der Waals surface area contributed by atoms with Gasteiger partial charge in [0.15, 0.2) is 0 Å². The maximum atomic E-state index is 12.0. The van der Waals surface area contributed by atoms with Gasteiger partial charge in [-0.1, -0.05) is 6.58 Å². The summed E-state index contributed by atoms with van der Waals surface area (Å²) in [5, 5.41) is 4.53. The van der Waals surface area contributed by atoms with Gasteiger partial charge in [0, 0.05) is 30.9 Å². The normalized spacial score (nSPS) is 21.2. The molecule has 6 heteroatoms. The summed E-state index contributed by atoms with van der Waals surface area (Å²) in [7, 11) is 0. The number of carbonyl (C=O) groups excluding carboxylic acids is 1. The zero-order valence-electron chi connectivity index (χ0n) is 14.6. The molecule has 0 bridgehead atoms. The molecule has 128 valence electrons. The van der Waals surface area contributed by atoms with Crippen LogP contribution in [0.2, 0.25) is 0 Å². The number of nitrogens with zero attached hydrogens (tertiary/aromatic N) is 4. The predicted octanol–water partition coefficient (Wildman–Crippen LogP) is 2.99. The van der Waals surface area contributed by atoms with Crippen LogP contribution >= 0.6 is 0 Å². The lowest BCUT2D eigenvalue weighted by molar-refractivity contribution is -0.129. The van der Waals surface area contributed by atoms with Crippen molar-refractivity contribution in [2.24, 2.45) is 0 Å². The van der Waals surface area contributed by atoms with Crippen molar-refractivity contribution in [3.63, 3.8) is 0 Å². The minimum absolute atomic E-state index is 0.00667. The van der Waals surface area contributed by atoms with Crippen LogP contribution in [0.1, 0.15) is 39.7 Å². The van der Waals surface area contributed by atoms with Gasteiger partial charge < -0.3 is 14.8 Å². The van der Waals surface area contributed by atoms with Gasteiger partial charge in [-0.15, -0.1) is 0 Å². The Labute approximate surface area is 142 Å². The van der Waals surface area contributed by atoms with E-state index in [0.29, 0.717) is 12.6 Å². The Morgan fingerprint density at radius 3 is 2.92 bits per heavy atom. The van der Waals surface area contributed by atoms with E-state index >= 15 is 0 Å². The fraction of sp³-hybridized carbons (Fsp3) is 0.500. The highest BCUT2D eigenvalue weighted by atomic mass is 16.2. The second-order valence-electron chi connectivity index (χ2n) is 6.74. The second kappa shape index (κ2) is 6.63. The predicted molar refractivity (Wildman–Crippen MR) is 95.9 cm³/mol. The third-order valence-electron chi connectivity index (χ3n) is 4.75. The molecule has 0 unspecified atom stereocenters. The first-order valence-corrected chi connectivity index (χ1v) is 8.52. The number of likely N-dealkylation sites (tertiary alicyclic amines) is 1. The lowest BCUT2D eigenvalue weighted by Gasteiger charge is -2.38. The number of amides is 1. The van der Waals surface area contributed by atoms with Gasteiger partial charge in [-0.3, -0.25) is 4.79 Å². The maximum Gasteiger partial charge on any atom is 0.246 e. The lowest BCUT2D eigenvalue weighted by atomic mass is 9.99. The SMILES string of the molecule is C=CC(=O)N1C[C@H](Nc2ncnc3c2ccn3C(C)C)CC[C@@H]1C. The van der Waals surface area contributed by atoms with Gasteiger partial charge in [0.1, 0.15) is 17.8 Å². The van der Waals surface area contributed by atoms with Crippen molar-refractivity contribution in [1.82, 2.24) is 19.4 Å². The molecule has 0 aromatic carbocycles. The summed E-state index contributed by atoms with van der Waals surface area (Å²) in [5.74, 6) is 0.831. The minimum atomic E-state index is -0.00667. The van der Waals surface area contributed by atoms with Gasteiger partial charge in [-0.25, -0.2) is 9.97 Å². The number of hydrogen-bond acceptors (Lipinski definition) is 4. The molecule has 1 saturated heterocycles. The van der Waals surface area contributed by atoms with Crippen molar-refractivity contribution >= 4 is 22.8 Å². The standard InChI is InChI=1S/C18H25N5O/c1-5-16(24)23-10-14(7-6-13(23)4)21-17-15-8-9-22(12(2)3)18(15)20-11-19-17/h5,8-9,11-14H,1,6-7,10H2,2-4H3,(H,19,20,21)/t13-,14+/m0/s1. The van der Waals surface area contributed by atoms with Crippen LogP contribution in [0.4, 0.5) is 5.82 Å². The molecule has 3 heterocycles. The summed E-state index contributed by atoms with van der Waals surface area (Å²) in [4.78, 5) is 22.7. The fourth-order valence-electron chi connectivity index (χ4n) is 3.35. The first-order valence-electron chi connectivity index (χ1n) is 8.52. The fourth-order valence-corrected chi connectivity index (χ4v) is 3.35. The van der Waals surface area contributed by atoms with E-state index in [1.54, 1.807) is 6.33 Å². The molecule has 1 amide bonds. The third-order valence-corrected chi connectivity index (χ3v) is 4.75. The average molecular weight is 327 g/mol. The summed E-state index contributed by atoms with van der Waals surface area (Å²) < 4.78 is 2.14. The average Bonchev–Trinajstić information content (AvgIpc) is 3.01. The lowest BCUT2D eigenvalue weighted by Crippen LogP contribution is -2.49. The highest BCUT2D eigenvalue weighted by molar-refractivity contribution is 5.88. The van der Waals surface area contributed by atoms with Gasteiger partial charge in [0.2, 0.25) is 5.91 Å². The van der Waals surface area contributed by atoms with Crippen LogP contribution in [0.5, 0.6) is 0 Å². The quantitative estimate of drug-likeness (QED) is 0.877. The molecule has 0 spiro atoms. The number of aromatic nitrogens is 3. The van der Waals surface area contributed by atoms with Crippen molar-refractivity contribution in [2.45, 2.75) is 51.7 Å². The number of anilines is 1. The molecule has 6 nitrogen and oxygen atoms in total. The molecular weight excluding hydrogens is 302 g/mol. The van der Waals surface area contributed by atoms with E-state index in [-0.39, 0.29) is 18.0 Å². The van der Waals surface area contributed by atoms with Crippen molar-refractivity contribution in [3.05, 3.63) is 31.2 Å². The van der Waals surface area contributed by atoms with E-state index in [0.717, 1.165) is 29.7 Å². The first-order chi connectivity index (χ1) is 11.5. The smallest absolute Gasteiger partial charge is 0.246 e. The number of rotatable bonds is 4. The van der Waals surface area contributed by atoms with Crippen LogP contribution in [-0.2, 0) is 4.79 Å². The Hall–Kier alpha value is -2.37. The summed E-state index contributed by atoms with van der Waals surface area (Å²) >= 11 is 0. The van der Waals surface area contributed by atoms with Crippen molar-refractivity contribution < 1.29 is 4.79 Å². The molecule has 24 heavy (non-hydrogen) atoms. The zero-order valence-corrected chi connectivity index (χ0v) is 14.6. The van der Waals surface area contributed by atoms with Crippen LogP contribution in [0.3, 0.4) is 0 Å². The monoisotopic (exact) mass is 327 g/mol. The van der Waals surface area contributed by atoms with Gasteiger partial charge >= 0.3 is 0 Å². The zero-order chi connectivity index (χ0) is 17.3. The van der Waals surface area contributed by atoms with Gasteiger partial charge in [-0.05, 0) is 45.8 Å². The van der Waals surface area contributed by atoms with Crippen LogP contribution in [-0.4, -0.2) is 44.0 Å². The largest absolute Gasteiger partial charge is 0.365 e. The summed E-state index contributed by atoms with van der Waals surface area (Å²) in [6.07, 6.45) is 7.02. The molecule has 0 saturated carbocycles.